The maximum atomic E-state index is 12.9. The molecule has 1 N–H and O–H groups in total. The van der Waals surface area contributed by atoms with Crippen LogP contribution in [0.3, 0.4) is 0 Å². The summed E-state index contributed by atoms with van der Waals surface area (Å²) in [5, 5.41) is 13.8. The number of hydrogen-bond acceptors (Lipinski definition) is 5. The van der Waals surface area contributed by atoms with Crippen LogP contribution in [0.4, 0.5) is 0 Å². The first kappa shape index (κ1) is 20.6. The molecule has 1 aromatic rings. The van der Waals surface area contributed by atoms with Gasteiger partial charge in [-0.05, 0) is 30.4 Å². The fourth-order valence-corrected chi connectivity index (χ4v) is 3.26. The smallest absolute Gasteiger partial charge is 0.262 e. The Hall–Kier alpha value is -2.70. The van der Waals surface area contributed by atoms with E-state index in [1.165, 1.54) is 0 Å². The third-order valence-electron chi connectivity index (χ3n) is 4.86. The molecule has 0 bridgehead atoms. The molecule has 1 heterocycles. The van der Waals surface area contributed by atoms with Gasteiger partial charge in [0, 0.05) is 0 Å². The van der Waals surface area contributed by atoms with Crippen molar-refractivity contribution in [2.24, 2.45) is 11.8 Å². The maximum Gasteiger partial charge on any atom is 0.262 e. The molecule has 0 radical (unpaired) electrons. The molecule has 7 heteroatoms. The second kappa shape index (κ2) is 8.33. The van der Waals surface area contributed by atoms with Gasteiger partial charge in [0.05, 0.1) is 23.1 Å². The molecule has 0 saturated heterocycles. The van der Waals surface area contributed by atoms with Crippen molar-refractivity contribution in [2.75, 3.05) is 0 Å². The standard InChI is InChI=1S/C20H26N2O5/c1-5-12(4)16(17(23)21-15(20(26)27)10-11(2)3)22-18(24)13-8-6-7-9-14(13)19(22)25/h6-9,11-12,15-16H,5,10H2,1-4H3,(H,21,23)(H,26,27)/p-1/t12-,15+,16+/m1/s1. The predicted molar refractivity (Wildman–Crippen MR) is 96.6 cm³/mol. The van der Waals surface area contributed by atoms with Gasteiger partial charge in [0.25, 0.3) is 11.8 Å². The maximum absolute atomic E-state index is 12.9. The van der Waals surface area contributed by atoms with E-state index < -0.39 is 35.8 Å². The van der Waals surface area contributed by atoms with Gasteiger partial charge < -0.3 is 15.2 Å². The molecule has 7 nitrogen and oxygen atoms in total. The molecular weight excluding hydrogens is 348 g/mol. The Balaban J connectivity index is 2.33. The number of aliphatic carboxylic acids is 1. The van der Waals surface area contributed by atoms with E-state index in [9.17, 15) is 24.3 Å². The highest BCUT2D eigenvalue weighted by Gasteiger charge is 2.44. The molecule has 0 aliphatic carbocycles. The number of hydrogen-bond donors (Lipinski definition) is 1. The first-order valence-electron chi connectivity index (χ1n) is 9.17. The Morgan fingerprint density at radius 1 is 1.07 bits per heavy atom. The van der Waals surface area contributed by atoms with Crippen molar-refractivity contribution in [1.29, 1.82) is 0 Å². The van der Waals surface area contributed by atoms with E-state index in [0.717, 1.165) is 4.90 Å². The van der Waals surface area contributed by atoms with Gasteiger partial charge >= 0.3 is 0 Å². The van der Waals surface area contributed by atoms with Crippen LogP contribution in [0.5, 0.6) is 0 Å². The van der Waals surface area contributed by atoms with Gasteiger partial charge in [0.1, 0.15) is 6.04 Å². The zero-order valence-corrected chi connectivity index (χ0v) is 16.0. The van der Waals surface area contributed by atoms with Crippen molar-refractivity contribution in [3.63, 3.8) is 0 Å². The number of carbonyl (C=O) groups excluding carboxylic acids is 4. The highest BCUT2D eigenvalue weighted by molar-refractivity contribution is 6.22. The van der Waals surface area contributed by atoms with E-state index in [1.807, 2.05) is 20.8 Å². The summed E-state index contributed by atoms with van der Waals surface area (Å²) in [5.74, 6) is -3.44. The number of rotatable bonds is 8. The first-order valence-corrected chi connectivity index (χ1v) is 9.17. The second-order valence-electron chi connectivity index (χ2n) is 7.37. The van der Waals surface area contributed by atoms with Crippen LogP contribution in [-0.2, 0) is 9.59 Å². The van der Waals surface area contributed by atoms with Crippen LogP contribution in [0.1, 0.15) is 61.3 Å². The molecule has 1 aliphatic heterocycles. The van der Waals surface area contributed by atoms with Gasteiger partial charge in [-0.25, -0.2) is 0 Å². The number of imide groups is 1. The van der Waals surface area contributed by atoms with Crippen LogP contribution < -0.4 is 10.4 Å². The second-order valence-corrected chi connectivity index (χ2v) is 7.37. The lowest BCUT2D eigenvalue weighted by atomic mass is 9.95. The monoisotopic (exact) mass is 373 g/mol. The summed E-state index contributed by atoms with van der Waals surface area (Å²) in [7, 11) is 0. The minimum absolute atomic E-state index is 0.0227. The largest absolute Gasteiger partial charge is 0.548 e. The minimum atomic E-state index is -1.39. The molecule has 1 aromatic carbocycles. The van der Waals surface area contributed by atoms with Crippen LogP contribution >= 0.6 is 0 Å². The van der Waals surface area contributed by atoms with E-state index in [0.29, 0.717) is 6.42 Å². The van der Waals surface area contributed by atoms with Gasteiger partial charge in [-0.2, -0.15) is 0 Å². The van der Waals surface area contributed by atoms with Crippen molar-refractivity contribution < 1.29 is 24.3 Å². The fraction of sp³-hybridized carbons (Fsp3) is 0.500. The summed E-state index contributed by atoms with van der Waals surface area (Å²) in [6.07, 6.45) is 0.731. The average Bonchev–Trinajstić information content (AvgIpc) is 2.86. The summed E-state index contributed by atoms with van der Waals surface area (Å²) in [4.78, 5) is 50.8. The average molecular weight is 373 g/mol. The van der Waals surface area contributed by atoms with Gasteiger partial charge in [-0.3, -0.25) is 19.3 Å². The third kappa shape index (κ3) is 4.18. The van der Waals surface area contributed by atoms with Gasteiger partial charge in [-0.15, -0.1) is 0 Å². The number of carbonyl (C=O) groups is 4. The highest BCUT2D eigenvalue weighted by Crippen LogP contribution is 2.28. The Kier molecular flexibility index (Phi) is 6.36. The van der Waals surface area contributed by atoms with E-state index in [4.69, 9.17) is 0 Å². The highest BCUT2D eigenvalue weighted by atomic mass is 16.4. The van der Waals surface area contributed by atoms with Crippen LogP contribution in [0, 0.1) is 11.8 Å². The molecule has 3 atom stereocenters. The molecule has 0 fully saturated rings. The van der Waals surface area contributed by atoms with E-state index in [2.05, 4.69) is 5.32 Å². The lowest BCUT2D eigenvalue weighted by Crippen LogP contribution is -2.57. The molecule has 0 saturated carbocycles. The molecule has 27 heavy (non-hydrogen) atoms. The Labute approximate surface area is 158 Å². The number of benzene rings is 1. The summed E-state index contributed by atoms with van der Waals surface area (Å²) < 4.78 is 0. The molecule has 2 rings (SSSR count). The Bertz CT molecular complexity index is 723. The summed E-state index contributed by atoms with van der Waals surface area (Å²) in [5.41, 5.74) is 0.504. The molecule has 1 aliphatic rings. The molecule has 0 spiro atoms. The SMILES string of the molecule is CC[C@@H](C)[C@@H](C(=O)N[C@@H](CC(C)C)C(=O)[O-])N1C(=O)c2ccccc2C1=O. The van der Waals surface area contributed by atoms with Gasteiger partial charge in [0.2, 0.25) is 5.91 Å². The fourth-order valence-electron chi connectivity index (χ4n) is 3.26. The van der Waals surface area contributed by atoms with E-state index in [1.54, 1.807) is 31.2 Å². The van der Waals surface area contributed by atoms with Gasteiger partial charge in [-0.1, -0.05) is 46.2 Å². The summed E-state index contributed by atoms with van der Waals surface area (Å²) in [6, 6.07) is 4.13. The Morgan fingerprint density at radius 3 is 2.00 bits per heavy atom. The topological polar surface area (TPSA) is 107 Å². The van der Waals surface area contributed by atoms with Crippen molar-refractivity contribution >= 4 is 23.7 Å². The minimum Gasteiger partial charge on any atom is -0.548 e. The van der Waals surface area contributed by atoms with Crippen molar-refractivity contribution in [3.05, 3.63) is 35.4 Å². The number of carboxylic acids is 1. The first-order chi connectivity index (χ1) is 12.7. The van der Waals surface area contributed by atoms with Crippen LogP contribution in [-0.4, -0.2) is 40.7 Å². The van der Waals surface area contributed by atoms with Crippen LogP contribution in [0.25, 0.3) is 0 Å². The quantitative estimate of drug-likeness (QED) is 0.684. The molecule has 146 valence electrons. The summed E-state index contributed by atoms with van der Waals surface area (Å²) >= 11 is 0. The molecule has 0 aromatic heterocycles. The predicted octanol–water partition coefficient (Wildman–Crippen LogP) is 0.978. The number of nitrogens with zero attached hydrogens (tertiary/aromatic N) is 1. The number of amides is 3. The molecular formula is C20H25N2O5-. The van der Waals surface area contributed by atoms with Gasteiger partial charge in [0.15, 0.2) is 0 Å². The van der Waals surface area contributed by atoms with E-state index >= 15 is 0 Å². The Morgan fingerprint density at radius 2 is 1.59 bits per heavy atom. The lowest BCUT2D eigenvalue weighted by molar-refractivity contribution is -0.308. The summed E-state index contributed by atoms with van der Waals surface area (Å²) in [6.45, 7) is 7.26. The third-order valence-corrected chi connectivity index (χ3v) is 4.86. The molecule has 0 unspecified atom stereocenters. The zero-order valence-electron chi connectivity index (χ0n) is 16.0. The van der Waals surface area contributed by atoms with Crippen molar-refractivity contribution in [1.82, 2.24) is 10.2 Å². The number of nitrogens with one attached hydrogen (secondary N) is 1. The molecule has 3 amide bonds. The number of fused-ring (bicyclic) bond motifs is 1. The number of carboxylic acid groups (broad SMARTS) is 1. The van der Waals surface area contributed by atoms with Crippen LogP contribution in [0.15, 0.2) is 24.3 Å². The van der Waals surface area contributed by atoms with Crippen molar-refractivity contribution in [2.45, 2.75) is 52.6 Å². The normalized spacial score (nSPS) is 16.9. The van der Waals surface area contributed by atoms with Crippen LogP contribution in [0.2, 0.25) is 0 Å². The van der Waals surface area contributed by atoms with E-state index in [-0.39, 0.29) is 29.4 Å². The zero-order chi connectivity index (χ0) is 20.3. The lowest BCUT2D eigenvalue weighted by Gasteiger charge is -2.32. The van der Waals surface area contributed by atoms with Crippen molar-refractivity contribution in [3.8, 4) is 0 Å².